The van der Waals surface area contributed by atoms with E-state index in [-0.39, 0.29) is 5.91 Å². The number of nitrogens with one attached hydrogen (secondary N) is 1. The smallest absolute Gasteiger partial charge is 0.256 e. The van der Waals surface area contributed by atoms with E-state index < -0.39 is 5.60 Å². The first-order chi connectivity index (χ1) is 9.46. The third-order valence-electron chi connectivity index (χ3n) is 3.35. The summed E-state index contributed by atoms with van der Waals surface area (Å²) in [5.74, 6) is 0.721. The predicted octanol–water partition coefficient (Wildman–Crippen LogP) is 3.54. The summed E-state index contributed by atoms with van der Waals surface area (Å²) in [4.78, 5) is 12.3. The van der Waals surface area contributed by atoms with Gasteiger partial charge in [0.15, 0.2) is 0 Å². The molecule has 1 aromatic carbocycles. The van der Waals surface area contributed by atoms with E-state index >= 15 is 0 Å². The molecule has 1 aromatic rings. The molecule has 1 N–H and O–H groups in total. The predicted molar refractivity (Wildman–Crippen MR) is 81.3 cm³/mol. The number of anilines is 1. The van der Waals surface area contributed by atoms with Crippen LogP contribution in [-0.4, -0.2) is 24.7 Å². The molecule has 1 unspecified atom stereocenters. The Morgan fingerprint density at radius 3 is 2.45 bits per heavy atom. The van der Waals surface area contributed by atoms with Crippen molar-refractivity contribution < 1.29 is 14.3 Å². The Kier molecular flexibility index (Phi) is 6.02. The average molecular weight is 279 g/mol. The number of rotatable bonds is 7. The van der Waals surface area contributed by atoms with Crippen LogP contribution >= 0.6 is 0 Å². The fraction of sp³-hybridized carbons (Fsp3) is 0.562. The van der Waals surface area contributed by atoms with Gasteiger partial charge in [0.1, 0.15) is 11.4 Å². The van der Waals surface area contributed by atoms with E-state index in [2.05, 4.69) is 5.32 Å². The molecule has 0 heterocycles. The summed E-state index contributed by atoms with van der Waals surface area (Å²) in [5.41, 5.74) is 0.968. The molecule has 0 saturated carbocycles. The minimum Gasteiger partial charge on any atom is -0.494 e. The van der Waals surface area contributed by atoms with Crippen LogP contribution < -0.4 is 10.1 Å². The van der Waals surface area contributed by atoms with Crippen molar-refractivity contribution in [3.8, 4) is 5.75 Å². The molecule has 0 bridgehead atoms. The summed E-state index contributed by atoms with van der Waals surface area (Å²) in [5, 5.41) is 2.91. The highest BCUT2D eigenvalue weighted by Gasteiger charge is 2.31. The van der Waals surface area contributed by atoms with Crippen molar-refractivity contribution in [1.29, 1.82) is 0 Å². The van der Waals surface area contributed by atoms with Crippen molar-refractivity contribution in [1.82, 2.24) is 0 Å². The van der Waals surface area contributed by atoms with Gasteiger partial charge in [-0.15, -0.1) is 0 Å². The van der Waals surface area contributed by atoms with Crippen LogP contribution in [0, 0.1) is 6.92 Å². The SMILES string of the molecule is CCOc1ccc(NC(=O)C(C)(CC)OCC)cc1C. The Hall–Kier alpha value is -1.55. The number of hydrogen-bond acceptors (Lipinski definition) is 3. The van der Waals surface area contributed by atoms with Crippen LogP contribution in [0.25, 0.3) is 0 Å². The van der Waals surface area contributed by atoms with Crippen molar-refractivity contribution in [2.45, 2.75) is 46.6 Å². The van der Waals surface area contributed by atoms with Crippen molar-refractivity contribution in [3.63, 3.8) is 0 Å². The Balaban J connectivity index is 2.82. The molecule has 0 radical (unpaired) electrons. The average Bonchev–Trinajstić information content (AvgIpc) is 2.42. The number of carbonyl (C=O) groups is 1. The van der Waals surface area contributed by atoms with Crippen LogP contribution in [0.4, 0.5) is 5.69 Å². The Bertz CT molecular complexity index is 459. The van der Waals surface area contributed by atoms with E-state index in [4.69, 9.17) is 9.47 Å². The summed E-state index contributed by atoms with van der Waals surface area (Å²) in [6, 6.07) is 5.63. The maximum absolute atomic E-state index is 12.3. The summed E-state index contributed by atoms with van der Waals surface area (Å²) in [7, 11) is 0. The number of aryl methyl sites for hydroxylation is 1. The molecule has 0 fully saturated rings. The highest BCUT2D eigenvalue weighted by molar-refractivity contribution is 5.97. The standard InChI is InChI=1S/C16H25NO3/c1-6-16(5,20-8-3)15(18)17-13-9-10-14(19-7-2)12(4)11-13/h9-11H,6-8H2,1-5H3,(H,17,18). The molecular formula is C16H25NO3. The number of ether oxygens (including phenoxy) is 2. The summed E-state index contributed by atoms with van der Waals surface area (Å²) < 4.78 is 11.1. The van der Waals surface area contributed by atoms with Crippen molar-refractivity contribution in [2.75, 3.05) is 18.5 Å². The Morgan fingerprint density at radius 1 is 1.25 bits per heavy atom. The van der Waals surface area contributed by atoms with Gasteiger partial charge in [-0.05, 0) is 57.9 Å². The van der Waals surface area contributed by atoms with E-state index in [1.54, 1.807) is 0 Å². The number of amides is 1. The molecule has 0 spiro atoms. The lowest BCUT2D eigenvalue weighted by Gasteiger charge is -2.26. The van der Waals surface area contributed by atoms with Gasteiger partial charge < -0.3 is 14.8 Å². The minimum absolute atomic E-state index is 0.120. The second-order valence-corrected chi connectivity index (χ2v) is 4.88. The van der Waals surface area contributed by atoms with Crippen molar-refractivity contribution >= 4 is 11.6 Å². The maximum Gasteiger partial charge on any atom is 0.256 e. The molecular weight excluding hydrogens is 254 g/mol. The van der Waals surface area contributed by atoms with Gasteiger partial charge in [0.25, 0.3) is 5.91 Å². The largest absolute Gasteiger partial charge is 0.494 e. The summed E-state index contributed by atoms with van der Waals surface area (Å²) >= 11 is 0. The third-order valence-corrected chi connectivity index (χ3v) is 3.35. The molecule has 0 saturated heterocycles. The van der Waals surface area contributed by atoms with Gasteiger partial charge in [0.05, 0.1) is 6.61 Å². The molecule has 0 aromatic heterocycles. The van der Waals surface area contributed by atoms with Gasteiger partial charge in [-0.1, -0.05) is 6.92 Å². The van der Waals surface area contributed by atoms with Gasteiger partial charge in [0, 0.05) is 12.3 Å². The zero-order valence-corrected chi connectivity index (χ0v) is 13.1. The van der Waals surface area contributed by atoms with Crippen LogP contribution in [0.15, 0.2) is 18.2 Å². The van der Waals surface area contributed by atoms with E-state index in [9.17, 15) is 4.79 Å². The molecule has 4 nitrogen and oxygen atoms in total. The van der Waals surface area contributed by atoms with Gasteiger partial charge in [-0.25, -0.2) is 0 Å². The number of benzene rings is 1. The van der Waals surface area contributed by atoms with Gasteiger partial charge in [-0.3, -0.25) is 4.79 Å². The minimum atomic E-state index is -0.790. The third kappa shape index (κ3) is 3.97. The second-order valence-electron chi connectivity index (χ2n) is 4.88. The van der Waals surface area contributed by atoms with Gasteiger partial charge in [-0.2, -0.15) is 0 Å². The first kappa shape index (κ1) is 16.5. The summed E-state index contributed by atoms with van der Waals surface area (Å²) in [6.07, 6.45) is 0.628. The molecule has 1 atom stereocenters. The molecule has 1 amide bonds. The van der Waals surface area contributed by atoms with Crippen LogP contribution in [0.5, 0.6) is 5.75 Å². The second kappa shape index (κ2) is 7.29. The van der Waals surface area contributed by atoms with Crippen molar-refractivity contribution in [2.24, 2.45) is 0 Å². The normalized spacial score (nSPS) is 13.7. The highest BCUT2D eigenvalue weighted by atomic mass is 16.5. The molecule has 20 heavy (non-hydrogen) atoms. The molecule has 0 aliphatic carbocycles. The van der Waals surface area contributed by atoms with Crippen molar-refractivity contribution in [3.05, 3.63) is 23.8 Å². The zero-order valence-electron chi connectivity index (χ0n) is 13.1. The number of hydrogen-bond donors (Lipinski definition) is 1. The monoisotopic (exact) mass is 279 g/mol. The first-order valence-electron chi connectivity index (χ1n) is 7.15. The van der Waals surface area contributed by atoms with Crippen LogP contribution in [0.2, 0.25) is 0 Å². The maximum atomic E-state index is 12.3. The van der Waals surface area contributed by atoms with E-state index in [1.165, 1.54) is 0 Å². The van der Waals surface area contributed by atoms with Gasteiger partial charge in [0.2, 0.25) is 0 Å². The van der Waals surface area contributed by atoms with Crippen LogP contribution in [0.3, 0.4) is 0 Å². The van der Waals surface area contributed by atoms with E-state index in [0.717, 1.165) is 17.0 Å². The fourth-order valence-electron chi connectivity index (χ4n) is 1.95. The van der Waals surface area contributed by atoms with E-state index in [1.807, 2.05) is 52.8 Å². The molecule has 112 valence electrons. The lowest BCUT2D eigenvalue weighted by Crippen LogP contribution is -2.42. The summed E-state index contributed by atoms with van der Waals surface area (Å²) in [6.45, 7) is 10.7. The Labute approximate surface area is 121 Å². The zero-order chi connectivity index (χ0) is 15.2. The molecule has 4 heteroatoms. The quantitative estimate of drug-likeness (QED) is 0.830. The number of carbonyl (C=O) groups excluding carboxylic acids is 1. The molecule has 1 rings (SSSR count). The Morgan fingerprint density at radius 2 is 1.95 bits per heavy atom. The van der Waals surface area contributed by atoms with E-state index in [0.29, 0.717) is 19.6 Å². The topological polar surface area (TPSA) is 47.6 Å². The lowest BCUT2D eigenvalue weighted by atomic mass is 10.0. The van der Waals surface area contributed by atoms with Crippen LogP contribution in [0.1, 0.15) is 39.7 Å². The van der Waals surface area contributed by atoms with Gasteiger partial charge >= 0.3 is 0 Å². The first-order valence-corrected chi connectivity index (χ1v) is 7.15. The highest BCUT2D eigenvalue weighted by Crippen LogP contribution is 2.24. The fourth-order valence-corrected chi connectivity index (χ4v) is 1.95. The van der Waals surface area contributed by atoms with Crippen LogP contribution in [-0.2, 0) is 9.53 Å². The lowest BCUT2D eigenvalue weighted by molar-refractivity contribution is -0.139. The molecule has 0 aliphatic rings. The molecule has 0 aliphatic heterocycles.